The summed E-state index contributed by atoms with van der Waals surface area (Å²) in [7, 11) is 1.63. The normalized spacial score (nSPS) is 16.7. The second-order valence-corrected chi connectivity index (χ2v) is 6.51. The molecule has 27 heavy (non-hydrogen) atoms. The Morgan fingerprint density at radius 1 is 1.04 bits per heavy atom. The van der Waals surface area contributed by atoms with Gasteiger partial charge in [-0.2, -0.15) is 0 Å². The van der Waals surface area contributed by atoms with Crippen LogP contribution in [0.25, 0.3) is 0 Å². The van der Waals surface area contributed by atoms with Crippen molar-refractivity contribution in [2.24, 2.45) is 0 Å². The van der Waals surface area contributed by atoms with E-state index in [0.717, 1.165) is 23.5 Å². The molecule has 1 aliphatic heterocycles. The number of nitrogens with zero attached hydrogens (tertiary/aromatic N) is 1. The van der Waals surface area contributed by atoms with Crippen LogP contribution in [0.1, 0.15) is 25.3 Å². The van der Waals surface area contributed by atoms with E-state index in [1.165, 1.54) is 4.90 Å². The molecule has 6 heteroatoms. The number of carbonyl (C=O) groups excluding carboxylic acids is 2. The molecular formula is C21H25N2O4+. The largest absolute Gasteiger partial charge is 0.497 e. The van der Waals surface area contributed by atoms with Crippen molar-refractivity contribution in [2.45, 2.75) is 32.4 Å². The van der Waals surface area contributed by atoms with Crippen LogP contribution in [-0.2, 0) is 16.1 Å². The highest BCUT2D eigenvalue weighted by atomic mass is 16.5. The summed E-state index contributed by atoms with van der Waals surface area (Å²) < 4.78 is 10.7. The van der Waals surface area contributed by atoms with Gasteiger partial charge in [0.05, 0.1) is 25.8 Å². The number of ether oxygens (including phenoxy) is 2. The number of anilines is 1. The SMILES string of the molecule is CCCOc1ccc(N2C(=O)C[C@@H]([NH2+]Cc3ccc(OC)cc3)C2=O)cc1. The maximum atomic E-state index is 12.7. The molecule has 2 amide bonds. The van der Waals surface area contributed by atoms with Crippen LogP contribution < -0.4 is 19.7 Å². The predicted molar refractivity (Wildman–Crippen MR) is 102 cm³/mol. The van der Waals surface area contributed by atoms with Gasteiger partial charge in [0.2, 0.25) is 5.91 Å². The zero-order valence-corrected chi connectivity index (χ0v) is 15.7. The Kier molecular flexibility index (Phi) is 6.08. The molecule has 2 aromatic carbocycles. The van der Waals surface area contributed by atoms with Gasteiger partial charge < -0.3 is 14.8 Å². The van der Waals surface area contributed by atoms with E-state index < -0.39 is 6.04 Å². The van der Waals surface area contributed by atoms with Crippen LogP contribution in [0.15, 0.2) is 48.5 Å². The van der Waals surface area contributed by atoms with Gasteiger partial charge >= 0.3 is 0 Å². The number of hydrogen-bond donors (Lipinski definition) is 1. The highest BCUT2D eigenvalue weighted by Gasteiger charge is 2.42. The maximum absolute atomic E-state index is 12.7. The molecule has 1 atom stereocenters. The summed E-state index contributed by atoms with van der Waals surface area (Å²) in [4.78, 5) is 26.4. The lowest BCUT2D eigenvalue weighted by molar-refractivity contribution is -0.690. The Balaban J connectivity index is 1.62. The van der Waals surface area contributed by atoms with E-state index in [1.807, 2.05) is 36.5 Å². The third kappa shape index (κ3) is 4.46. The fraction of sp³-hybridized carbons (Fsp3) is 0.333. The molecule has 0 bridgehead atoms. The molecule has 1 saturated heterocycles. The first kappa shape index (κ1) is 18.9. The number of nitrogens with two attached hydrogens (primary N) is 1. The summed E-state index contributed by atoms with van der Waals surface area (Å²) in [6, 6.07) is 14.4. The molecule has 6 nitrogen and oxygen atoms in total. The van der Waals surface area contributed by atoms with E-state index in [4.69, 9.17) is 9.47 Å². The summed E-state index contributed by atoms with van der Waals surface area (Å²) >= 11 is 0. The average Bonchev–Trinajstić information content (AvgIpc) is 2.99. The van der Waals surface area contributed by atoms with Crippen molar-refractivity contribution in [3.8, 4) is 11.5 Å². The number of imide groups is 1. The lowest BCUT2D eigenvalue weighted by Crippen LogP contribution is -2.90. The first-order valence-electron chi connectivity index (χ1n) is 9.18. The topological polar surface area (TPSA) is 72.4 Å². The lowest BCUT2D eigenvalue weighted by Gasteiger charge is -2.15. The van der Waals surface area contributed by atoms with Crippen LogP contribution >= 0.6 is 0 Å². The molecule has 142 valence electrons. The van der Waals surface area contributed by atoms with Crippen LogP contribution in [0, 0.1) is 0 Å². The fourth-order valence-electron chi connectivity index (χ4n) is 3.06. The second-order valence-electron chi connectivity index (χ2n) is 6.51. The standard InChI is InChI=1S/C21H24N2O4/c1-3-12-27-18-10-6-16(7-11-18)23-20(24)13-19(21(23)25)22-14-15-4-8-17(26-2)9-5-15/h4-11,19,22H,3,12-14H2,1-2H3/p+1/t19-/m1/s1. The van der Waals surface area contributed by atoms with E-state index in [9.17, 15) is 9.59 Å². The van der Waals surface area contributed by atoms with E-state index in [2.05, 4.69) is 0 Å². The number of quaternary nitrogens is 1. The molecule has 2 aromatic rings. The van der Waals surface area contributed by atoms with Crippen LogP contribution in [-0.4, -0.2) is 31.6 Å². The summed E-state index contributed by atoms with van der Waals surface area (Å²) in [5.41, 5.74) is 1.67. The van der Waals surface area contributed by atoms with Crippen LogP contribution in [0.2, 0.25) is 0 Å². The molecule has 2 N–H and O–H groups in total. The van der Waals surface area contributed by atoms with E-state index in [-0.39, 0.29) is 18.2 Å². The van der Waals surface area contributed by atoms with Gasteiger partial charge in [-0.15, -0.1) is 0 Å². The number of benzene rings is 2. The summed E-state index contributed by atoms with van der Waals surface area (Å²) in [5, 5.41) is 1.92. The van der Waals surface area contributed by atoms with Crippen molar-refractivity contribution in [2.75, 3.05) is 18.6 Å². The lowest BCUT2D eigenvalue weighted by atomic mass is 10.2. The highest BCUT2D eigenvalue weighted by molar-refractivity contribution is 6.21. The summed E-state index contributed by atoms with van der Waals surface area (Å²) in [6.07, 6.45) is 1.14. The predicted octanol–water partition coefficient (Wildman–Crippen LogP) is 1.88. The number of rotatable bonds is 8. The summed E-state index contributed by atoms with van der Waals surface area (Å²) in [5.74, 6) is 1.19. The van der Waals surface area contributed by atoms with Crippen molar-refractivity contribution in [3.63, 3.8) is 0 Å². The molecule has 1 heterocycles. The van der Waals surface area contributed by atoms with Gasteiger partial charge in [-0.25, -0.2) is 4.90 Å². The minimum absolute atomic E-state index is 0.168. The molecule has 0 aromatic heterocycles. The van der Waals surface area contributed by atoms with Crippen LogP contribution in [0.3, 0.4) is 0 Å². The molecule has 0 radical (unpaired) electrons. The minimum atomic E-state index is -0.393. The number of methoxy groups -OCH3 is 1. The molecule has 0 spiro atoms. The van der Waals surface area contributed by atoms with Crippen LogP contribution in [0.4, 0.5) is 5.69 Å². The van der Waals surface area contributed by atoms with Gasteiger partial charge in [0.15, 0.2) is 6.04 Å². The van der Waals surface area contributed by atoms with Crippen molar-refractivity contribution < 1.29 is 24.4 Å². The highest BCUT2D eigenvalue weighted by Crippen LogP contribution is 2.24. The third-order valence-corrected chi connectivity index (χ3v) is 4.55. The Morgan fingerprint density at radius 2 is 1.70 bits per heavy atom. The first-order chi connectivity index (χ1) is 13.1. The van der Waals surface area contributed by atoms with Gasteiger partial charge in [-0.1, -0.05) is 6.92 Å². The van der Waals surface area contributed by atoms with E-state index in [1.54, 1.807) is 31.4 Å². The molecular weight excluding hydrogens is 344 g/mol. The van der Waals surface area contributed by atoms with E-state index in [0.29, 0.717) is 18.8 Å². The molecule has 0 unspecified atom stereocenters. The van der Waals surface area contributed by atoms with Gasteiger partial charge in [0.25, 0.3) is 5.91 Å². The fourth-order valence-corrected chi connectivity index (χ4v) is 3.06. The molecule has 1 fully saturated rings. The monoisotopic (exact) mass is 369 g/mol. The minimum Gasteiger partial charge on any atom is -0.497 e. The number of hydrogen-bond acceptors (Lipinski definition) is 4. The first-order valence-corrected chi connectivity index (χ1v) is 9.18. The zero-order chi connectivity index (χ0) is 19.2. The Bertz CT molecular complexity index is 787. The second kappa shape index (κ2) is 8.68. The smallest absolute Gasteiger partial charge is 0.292 e. The molecule has 1 aliphatic rings. The van der Waals surface area contributed by atoms with Crippen molar-refractivity contribution in [1.82, 2.24) is 0 Å². The van der Waals surface area contributed by atoms with E-state index >= 15 is 0 Å². The molecule has 3 rings (SSSR count). The van der Waals surface area contributed by atoms with Gasteiger partial charge in [-0.3, -0.25) is 9.59 Å². The van der Waals surface area contributed by atoms with Gasteiger partial charge in [0, 0.05) is 5.56 Å². The zero-order valence-electron chi connectivity index (χ0n) is 15.7. The average molecular weight is 369 g/mol. The quantitative estimate of drug-likeness (QED) is 0.721. The maximum Gasteiger partial charge on any atom is 0.292 e. The van der Waals surface area contributed by atoms with Crippen molar-refractivity contribution in [3.05, 3.63) is 54.1 Å². The van der Waals surface area contributed by atoms with Gasteiger partial charge in [0.1, 0.15) is 18.0 Å². The van der Waals surface area contributed by atoms with Crippen molar-refractivity contribution in [1.29, 1.82) is 0 Å². The third-order valence-electron chi connectivity index (χ3n) is 4.55. The molecule has 0 saturated carbocycles. The molecule has 0 aliphatic carbocycles. The Hall–Kier alpha value is -2.86. The van der Waals surface area contributed by atoms with Crippen LogP contribution in [0.5, 0.6) is 11.5 Å². The van der Waals surface area contributed by atoms with Gasteiger partial charge in [-0.05, 0) is 55.0 Å². The Labute approximate surface area is 159 Å². The Morgan fingerprint density at radius 3 is 2.33 bits per heavy atom. The van der Waals surface area contributed by atoms with Crippen molar-refractivity contribution >= 4 is 17.5 Å². The number of carbonyl (C=O) groups is 2. The number of amides is 2. The summed E-state index contributed by atoms with van der Waals surface area (Å²) in [6.45, 7) is 3.31.